The number of benzene rings is 1. The first-order chi connectivity index (χ1) is 8.15. The Kier molecular flexibility index (Phi) is 5.77. The van der Waals surface area contributed by atoms with Crippen molar-refractivity contribution in [1.29, 1.82) is 0 Å². The fourth-order valence-electron chi connectivity index (χ4n) is 1.35. The Morgan fingerprint density at radius 3 is 2.82 bits per heavy atom. The van der Waals surface area contributed by atoms with E-state index in [1.165, 1.54) is 18.2 Å². The molecular formula is C12H16ClFN2O. The largest absolute Gasteiger partial charge is 0.338 e. The molecule has 0 aromatic heterocycles. The van der Waals surface area contributed by atoms with Crippen molar-refractivity contribution in [2.45, 2.75) is 26.2 Å². The normalized spacial score (nSPS) is 10.1. The van der Waals surface area contributed by atoms with Crippen LogP contribution in [-0.2, 0) is 0 Å². The molecular weight excluding hydrogens is 243 g/mol. The SMILES string of the molecule is CCCCCNC(=O)Nc1c(F)cccc1Cl. The van der Waals surface area contributed by atoms with Crippen molar-refractivity contribution >= 4 is 23.3 Å². The molecule has 0 saturated carbocycles. The van der Waals surface area contributed by atoms with Gasteiger partial charge in [0.1, 0.15) is 5.82 Å². The van der Waals surface area contributed by atoms with Crippen LogP contribution in [0.3, 0.4) is 0 Å². The molecule has 94 valence electrons. The zero-order valence-electron chi connectivity index (χ0n) is 9.72. The number of rotatable bonds is 5. The summed E-state index contributed by atoms with van der Waals surface area (Å²) in [6.07, 6.45) is 3.05. The Morgan fingerprint density at radius 1 is 1.41 bits per heavy atom. The maximum Gasteiger partial charge on any atom is 0.319 e. The van der Waals surface area contributed by atoms with E-state index in [-0.39, 0.29) is 10.7 Å². The monoisotopic (exact) mass is 258 g/mol. The maximum atomic E-state index is 13.3. The van der Waals surface area contributed by atoms with Gasteiger partial charge >= 0.3 is 6.03 Å². The summed E-state index contributed by atoms with van der Waals surface area (Å²) in [6.45, 7) is 2.66. The molecule has 0 aliphatic heterocycles. The predicted molar refractivity (Wildman–Crippen MR) is 68.0 cm³/mol. The second kappa shape index (κ2) is 7.12. The number of halogens is 2. The maximum absolute atomic E-state index is 13.3. The van der Waals surface area contributed by atoms with E-state index >= 15 is 0 Å². The number of hydrogen-bond donors (Lipinski definition) is 2. The van der Waals surface area contributed by atoms with Gasteiger partial charge in [0.15, 0.2) is 0 Å². The Balaban J connectivity index is 2.45. The molecule has 0 aliphatic rings. The van der Waals surface area contributed by atoms with Gasteiger partial charge in [-0.3, -0.25) is 0 Å². The highest BCUT2D eigenvalue weighted by Gasteiger charge is 2.09. The van der Waals surface area contributed by atoms with Crippen LogP contribution in [0.15, 0.2) is 18.2 Å². The third-order valence-electron chi connectivity index (χ3n) is 2.27. The Labute approximate surface area is 105 Å². The van der Waals surface area contributed by atoms with Crippen LogP contribution in [0.1, 0.15) is 26.2 Å². The van der Waals surface area contributed by atoms with Gasteiger partial charge in [-0.2, -0.15) is 0 Å². The van der Waals surface area contributed by atoms with Crippen LogP contribution in [0.5, 0.6) is 0 Å². The van der Waals surface area contributed by atoms with Crippen LogP contribution in [0.25, 0.3) is 0 Å². The molecule has 0 bridgehead atoms. The summed E-state index contributed by atoms with van der Waals surface area (Å²) in [5, 5.41) is 5.23. The van der Waals surface area contributed by atoms with Crippen LogP contribution in [0.2, 0.25) is 5.02 Å². The summed E-state index contributed by atoms with van der Waals surface area (Å²) in [4.78, 5) is 11.4. The van der Waals surface area contributed by atoms with Gasteiger partial charge in [0.2, 0.25) is 0 Å². The molecule has 0 heterocycles. The van der Waals surface area contributed by atoms with Gasteiger partial charge < -0.3 is 10.6 Å². The van der Waals surface area contributed by atoms with E-state index in [4.69, 9.17) is 11.6 Å². The summed E-state index contributed by atoms with van der Waals surface area (Å²) in [6, 6.07) is 3.82. The quantitative estimate of drug-likeness (QED) is 0.775. The van der Waals surface area contributed by atoms with Gasteiger partial charge in [-0.1, -0.05) is 37.4 Å². The molecule has 3 nitrogen and oxygen atoms in total. The van der Waals surface area contributed by atoms with E-state index < -0.39 is 11.8 Å². The molecule has 1 rings (SSSR count). The van der Waals surface area contributed by atoms with E-state index in [1.54, 1.807) is 0 Å². The lowest BCUT2D eigenvalue weighted by Crippen LogP contribution is -2.30. The van der Waals surface area contributed by atoms with E-state index in [0.29, 0.717) is 6.54 Å². The molecule has 0 aliphatic carbocycles. The molecule has 0 unspecified atom stereocenters. The van der Waals surface area contributed by atoms with Crippen LogP contribution in [0.4, 0.5) is 14.9 Å². The van der Waals surface area contributed by atoms with Crippen LogP contribution in [0, 0.1) is 5.82 Å². The molecule has 2 amide bonds. The summed E-state index contributed by atoms with van der Waals surface area (Å²) in [5.74, 6) is -0.541. The number of urea groups is 1. The lowest BCUT2D eigenvalue weighted by molar-refractivity contribution is 0.252. The minimum Gasteiger partial charge on any atom is -0.338 e. The number of nitrogens with one attached hydrogen (secondary N) is 2. The van der Waals surface area contributed by atoms with Crippen molar-refractivity contribution in [2.24, 2.45) is 0 Å². The molecule has 0 radical (unpaired) electrons. The van der Waals surface area contributed by atoms with E-state index in [9.17, 15) is 9.18 Å². The fourth-order valence-corrected chi connectivity index (χ4v) is 1.56. The Bertz CT molecular complexity index is 365. The highest BCUT2D eigenvalue weighted by Crippen LogP contribution is 2.24. The number of para-hydroxylation sites is 1. The number of carbonyl (C=O) groups excluding carboxylic acids is 1. The highest BCUT2D eigenvalue weighted by molar-refractivity contribution is 6.33. The second-order valence-electron chi connectivity index (χ2n) is 3.68. The van der Waals surface area contributed by atoms with Crippen LogP contribution in [-0.4, -0.2) is 12.6 Å². The van der Waals surface area contributed by atoms with Crippen molar-refractivity contribution < 1.29 is 9.18 Å². The molecule has 0 spiro atoms. The lowest BCUT2D eigenvalue weighted by atomic mass is 10.2. The first-order valence-corrected chi connectivity index (χ1v) is 6.01. The molecule has 17 heavy (non-hydrogen) atoms. The van der Waals surface area contributed by atoms with Gasteiger partial charge in [-0.15, -0.1) is 0 Å². The summed E-state index contributed by atoms with van der Waals surface area (Å²) >= 11 is 5.77. The number of anilines is 1. The summed E-state index contributed by atoms with van der Waals surface area (Å²) < 4.78 is 13.3. The van der Waals surface area contributed by atoms with Crippen LogP contribution < -0.4 is 10.6 Å². The van der Waals surface area contributed by atoms with Gasteiger partial charge in [0.05, 0.1) is 10.7 Å². The van der Waals surface area contributed by atoms with E-state index in [0.717, 1.165) is 19.3 Å². The number of carbonyl (C=O) groups is 1. The van der Waals surface area contributed by atoms with E-state index in [1.807, 2.05) is 0 Å². The van der Waals surface area contributed by atoms with Gasteiger partial charge in [0.25, 0.3) is 0 Å². The highest BCUT2D eigenvalue weighted by atomic mass is 35.5. The average Bonchev–Trinajstić information content (AvgIpc) is 2.30. The molecule has 2 N–H and O–H groups in total. The number of unbranched alkanes of at least 4 members (excludes halogenated alkanes) is 2. The first kappa shape index (κ1) is 13.8. The summed E-state index contributed by atoms with van der Waals surface area (Å²) in [7, 11) is 0. The van der Waals surface area contributed by atoms with Gasteiger partial charge in [0, 0.05) is 6.54 Å². The van der Waals surface area contributed by atoms with Crippen molar-refractivity contribution in [2.75, 3.05) is 11.9 Å². The topological polar surface area (TPSA) is 41.1 Å². The average molecular weight is 259 g/mol. The third kappa shape index (κ3) is 4.61. The lowest BCUT2D eigenvalue weighted by Gasteiger charge is -2.09. The minimum atomic E-state index is -0.541. The van der Waals surface area contributed by atoms with E-state index in [2.05, 4.69) is 17.6 Å². The molecule has 0 atom stereocenters. The zero-order chi connectivity index (χ0) is 12.7. The standard InChI is InChI=1S/C12H16ClFN2O/c1-2-3-4-8-15-12(17)16-11-9(13)6-5-7-10(11)14/h5-7H,2-4,8H2,1H3,(H2,15,16,17). The molecule has 5 heteroatoms. The molecule has 0 fully saturated rings. The van der Waals surface area contributed by atoms with Crippen LogP contribution >= 0.6 is 11.6 Å². The smallest absolute Gasteiger partial charge is 0.319 e. The Morgan fingerprint density at radius 2 is 2.18 bits per heavy atom. The van der Waals surface area contributed by atoms with Gasteiger partial charge in [-0.05, 0) is 18.6 Å². The minimum absolute atomic E-state index is 0.0159. The summed E-state index contributed by atoms with van der Waals surface area (Å²) in [5.41, 5.74) is 0.0159. The molecule has 1 aromatic carbocycles. The van der Waals surface area contributed by atoms with Crippen molar-refractivity contribution in [3.05, 3.63) is 29.0 Å². The Hall–Kier alpha value is -1.29. The first-order valence-electron chi connectivity index (χ1n) is 5.64. The second-order valence-corrected chi connectivity index (χ2v) is 4.09. The third-order valence-corrected chi connectivity index (χ3v) is 2.58. The van der Waals surface area contributed by atoms with Crippen molar-refractivity contribution in [1.82, 2.24) is 5.32 Å². The number of amides is 2. The molecule has 1 aromatic rings. The van der Waals surface area contributed by atoms with Gasteiger partial charge in [-0.25, -0.2) is 9.18 Å². The number of hydrogen-bond acceptors (Lipinski definition) is 1. The van der Waals surface area contributed by atoms with Crippen molar-refractivity contribution in [3.63, 3.8) is 0 Å². The molecule has 0 saturated heterocycles. The predicted octanol–water partition coefficient (Wildman–Crippen LogP) is 3.79. The fraction of sp³-hybridized carbons (Fsp3) is 0.417. The van der Waals surface area contributed by atoms with Crippen molar-refractivity contribution in [3.8, 4) is 0 Å². The zero-order valence-corrected chi connectivity index (χ0v) is 10.5.